The van der Waals surface area contributed by atoms with Crippen molar-refractivity contribution in [2.45, 2.75) is 84.6 Å². The highest BCUT2D eigenvalue weighted by Gasteiger charge is 2.27. The first-order valence-electron chi connectivity index (χ1n) is 18.9. The summed E-state index contributed by atoms with van der Waals surface area (Å²) in [4.78, 5) is 11.5. The Hall–Kier alpha value is -5.99. The average molecular weight is 795 g/mol. The molecule has 57 heavy (non-hydrogen) atoms. The van der Waals surface area contributed by atoms with Gasteiger partial charge in [0.15, 0.2) is 0 Å². The van der Waals surface area contributed by atoms with Gasteiger partial charge >= 0.3 is 0 Å². The summed E-state index contributed by atoms with van der Waals surface area (Å²) in [7, 11) is 0. The zero-order valence-electron chi connectivity index (χ0n) is 32.4. The fourth-order valence-corrected chi connectivity index (χ4v) is 9.03. The molecule has 0 saturated heterocycles. The number of carbonyl (C=O) groups excluding carboxylic acids is 1. The predicted octanol–water partition coefficient (Wildman–Crippen LogP) is 9.13. The van der Waals surface area contributed by atoms with Gasteiger partial charge in [-0.2, -0.15) is 10.5 Å². The topological polar surface area (TPSA) is 173 Å². The molecule has 1 amide bonds. The number of nitrogens with two attached hydrogens (primary N) is 1. The van der Waals surface area contributed by atoms with Gasteiger partial charge in [-0.25, -0.2) is 0 Å². The summed E-state index contributed by atoms with van der Waals surface area (Å²) in [6, 6.07) is 28.0. The quantitative estimate of drug-likeness (QED) is 0.144. The highest BCUT2D eigenvalue weighted by atomic mass is 32.1. The van der Waals surface area contributed by atoms with Crippen molar-refractivity contribution in [3.8, 4) is 65.9 Å². The molecule has 288 valence electrons. The molecule has 6 aromatic rings. The number of amides is 1. The predicted molar refractivity (Wildman–Crippen MR) is 223 cm³/mol. The van der Waals surface area contributed by atoms with Crippen LogP contribution in [0.25, 0.3) is 42.3 Å². The first kappa shape index (κ1) is 39.3. The van der Waals surface area contributed by atoms with Gasteiger partial charge in [0.2, 0.25) is 5.91 Å². The lowest BCUT2D eigenvalue weighted by Gasteiger charge is -2.13. The molecule has 0 unspecified atom stereocenters. The molecule has 0 aliphatic heterocycles. The minimum Gasteiger partial charge on any atom is -0.490 e. The summed E-state index contributed by atoms with van der Waals surface area (Å²) in [6.07, 6.45) is 3.74. The van der Waals surface area contributed by atoms with E-state index in [0.717, 1.165) is 73.5 Å². The van der Waals surface area contributed by atoms with E-state index in [1.165, 1.54) is 39.4 Å². The zero-order valence-corrected chi connectivity index (χ0v) is 34.0. The van der Waals surface area contributed by atoms with Crippen molar-refractivity contribution in [2.24, 2.45) is 5.73 Å². The van der Waals surface area contributed by atoms with Crippen LogP contribution in [0.3, 0.4) is 0 Å². The summed E-state index contributed by atoms with van der Waals surface area (Å²) >= 11 is 3.03. The number of hydrogen-bond donors (Lipinski definition) is 2. The number of rotatable bonds is 9. The van der Waals surface area contributed by atoms with Crippen LogP contribution in [0, 0.1) is 22.7 Å². The van der Waals surface area contributed by atoms with E-state index in [4.69, 9.17) is 15.2 Å². The van der Waals surface area contributed by atoms with Gasteiger partial charge in [0.1, 0.15) is 43.7 Å². The van der Waals surface area contributed by atoms with Crippen LogP contribution in [0.5, 0.6) is 11.5 Å². The van der Waals surface area contributed by atoms with Crippen LogP contribution in [-0.4, -0.2) is 38.5 Å². The van der Waals surface area contributed by atoms with E-state index in [-0.39, 0.29) is 30.2 Å². The Morgan fingerprint density at radius 1 is 0.719 bits per heavy atom. The second kappa shape index (κ2) is 17.0. The van der Waals surface area contributed by atoms with E-state index >= 15 is 0 Å². The molecule has 0 bridgehead atoms. The molecule has 2 aromatic heterocycles. The number of hydrogen-bond acceptors (Lipinski definition) is 12. The van der Waals surface area contributed by atoms with Crippen molar-refractivity contribution < 1.29 is 14.3 Å². The first-order valence-corrected chi connectivity index (χ1v) is 20.5. The molecule has 13 heteroatoms. The van der Waals surface area contributed by atoms with E-state index in [1.54, 1.807) is 13.0 Å². The summed E-state index contributed by atoms with van der Waals surface area (Å²) in [6.45, 7) is 9.29. The highest BCUT2D eigenvalue weighted by Crippen LogP contribution is 2.41. The Morgan fingerprint density at radius 3 is 1.68 bits per heavy atom. The summed E-state index contributed by atoms with van der Waals surface area (Å²) in [5.74, 6) is 1.15. The summed E-state index contributed by atoms with van der Waals surface area (Å²) < 4.78 is 11.4. The Labute approximate surface area is 340 Å². The number of aromatic nitrogens is 4. The molecule has 3 N–H and O–H groups in total. The largest absolute Gasteiger partial charge is 0.490 e. The smallest absolute Gasteiger partial charge is 0.217 e. The Balaban J connectivity index is 0.000000175. The zero-order chi connectivity index (χ0) is 40.2. The molecule has 2 aliphatic rings. The second-order valence-electron chi connectivity index (χ2n) is 14.5. The van der Waals surface area contributed by atoms with Crippen LogP contribution < -0.4 is 20.5 Å². The molecule has 11 nitrogen and oxygen atoms in total. The van der Waals surface area contributed by atoms with Gasteiger partial charge in [0.25, 0.3) is 0 Å². The van der Waals surface area contributed by atoms with Crippen molar-refractivity contribution in [1.29, 1.82) is 10.5 Å². The maximum atomic E-state index is 11.5. The van der Waals surface area contributed by atoms with Crippen LogP contribution >= 0.6 is 22.7 Å². The molecule has 4 aromatic carbocycles. The van der Waals surface area contributed by atoms with Crippen LogP contribution in [0.1, 0.15) is 92.9 Å². The van der Waals surface area contributed by atoms with Gasteiger partial charge in [-0.15, -0.1) is 20.4 Å². The molecule has 8 rings (SSSR count). The lowest BCUT2D eigenvalue weighted by Crippen LogP contribution is -2.24. The maximum Gasteiger partial charge on any atom is 0.217 e. The molecule has 2 heterocycles. The van der Waals surface area contributed by atoms with E-state index in [2.05, 4.69) is 62.1 Å². The van der Waals surface area contributed by atoms with Crippen molar-refractivity contribution in [3.05, 3.63) is 106 Å². The number of nitrogens with zero attached hydrogens (tertiary/aromatic N) is 6. The van der Waals surface area contributed by atoms with Crippen LogP contribution in [0.4, 0.5) is 0 Å². The number of fused-ring (bicyclic) bond motifs is 2. The van der Waals surface area contributed by atoms with Gasteiger partial charge in [-0.1, -0.05) is 59.1 Å². The lowest BCUT2D eigenvalue weighted by molar-refractivity contribution is -0.119. The Kier molecular flexibility index (Phi) is 11.7. The van der Waals surface area contributed by atoms with Crippen molar-refractivity contribution in [3.63, 3.8) is 0 Å². The number of nitrogens with one attached hydrogen (secondary N) is 1. The second-order valence-corrected chi connectivity index (χ2v) is 16.4. The van der Waals surface area contributed by atoms with Gasteiger partial charge in [0, 0.05) is 35.2 Å². The van der Waals surface area contributed by atoms with E-state index in [1.807, 2.05) is 70.2 Å². The van der Waals surface area contributed by atoms with Crippen molar-refractivity contribution in [1.82, 2.24) is 25.7 Å². The molecule has 2 atom stereocenters. The molecule has 0 fully saturated rings. The number of ether oxygens (including phenoxy) is 2. The highest BCUT2D eigenvalue weighted by molar-refractivity contribution is 7.18. The van der Waals surface area contributed by atoms with Crippen LogP contribution in [0.15, 0.2) is 72.8 Å². The molecule has 0 saturated carbocycles. The summed E-state index contributed by atoms with van der Waals surface area (Å²) in [5.41, 5.74) is 15.9. The van der Waals surface area contributed by atoms with E-state index < -0.39 is 0 Å². The first-order chi connectivity index (χ1) is 27.5. The number of nitriles is 2. The van der Waals surface area contributed by atoms with Gasteiger partial charge < -0.3 is 20.5 Å². The Bertz CT molecular complexity index is 2530. The third-order valence-electron chi connectivity index (χ3n) is 9.70. The number of carbonyl (C=O) groups is 1. The SMILES string of the molecule is CC(=O)N[C@H]1CCc2c(-c3nnc(-c4ccc(OC(C)C)c(C#N)c4)s3)cccc21.CC(C)Oc1ccc(-c2nnc(-c3cccc4c3CC[C@@H]4N)s2)cc1C#N. The minimum atomic E-state index is -0.0188. The van der Waals surface area contributed by atoms with Gasteiger partial charge in [0.05, 0.1) is 29.4 Å². The fraction of sp³-hybridized carbons (Fsp3) is 0.295. The number of benzene rings is 4. The van der Waals surface area contributed by atoms with Crippen LogP contribution in [-0.2, 0) is 17.6 Å². The third-order valence-corrected chi connectivity index (χ3v) is 11.7. The van der Waals surface area contributed by atoms with Crippen LogP contribution in [0.2, 0.25) is 0 Å². The lowest BCUT2D eigenvalue weighted by atomic mass is 10.0. The Morgan fingerprint density at radius 2 is 1.19 bits per heavy atom. The van der Waals surface area contributed by atoms with E-state index in [0.29, 0.717) is 22.6 Å². The normalized spacial score (nSPS) is 15.3. The molecule has 2 aliphatic carbocycles. The van der Waals surface area contributed by atoms with E-state index in [9.17, 15) is 15.3 Å². The fourth-order valence-electron chi connectivity index (χ4n) is 7.25. The monoisotopic (exact) mass is 794 g/mol. The van der Waals surface area contributed by atoms with Gasteiger partial charge in [-0.3, -0.25) is 4.79 Å². The summed E-state index contributed by atoms with van der Waals surface area (Å²) in [5, 5.41) is 42.8. The minimum absolute atomic E-state index is 0.00224. The standard InChI is InChI=1S/C23H22N4O2S.C21H20N4OS/c1-13(2)29-21-10-7-15(11-16(21)12-24)22-26-27-23(30-22)19-6-4-5-18-17(19)8-9-20(18)25-14(3)28;1-12(2)26-19-9-6-13(10-14(19)11-22)20-24-25-21(27-20)17-5-3-4-16-15(17)7-8-18(16)23/h4-7,10-11,13,20H,8-9H2,1-3H3,(H,25,28);3-6,9-10,12,18H,7-8,23H2,1-2H3/t20-;18-/m00/s1. The molecular formula is C44H42N8O3S2. The average Bonchev–Trinajstić information content (AvgIpc) is 4.03. The third kappa shape index (κ3) is 8.57. The van der Waals surface area contributed by atoms with Gasteiger partial charge in [-0.05, 0) is 112 Å². The molecule has 0 radical (unpaired) electrons. The van der Waals surface area contributed by atoms with Crippen molar-refractivity contribution >= 4 is 28.6 Å². The molecular weight excluding hydrogens is 753 g/mol. The maximum absolute atomic E-state index is 11.5. The molecule has 0 spiro atoms. The van der Waals surface area contributed by atoms with Crippen molar-refractivity contribution in [2.75, 3.05) is 0 Å².